The molecule has 1 fully saturated rings. The normalized spacial score (nSPS) is 21.7. The van der Waals surface area contributed by atoms with Crippen LogP contribution in [-0.4, -0.2) is 30.2 Å². The van der Waals surface area contributed by atoms with Crippen LogP contribution in [0, 0.1) is 0 Å². The van der Waals surface area contributed by atoms with Gasteiger partial charge in [0.15, 0.2) is 5.69 Å². The molecule has 0 unspecified atom stereocenters. The van der Waals surface area contributed by atoms with E-state index < -0.39 is 0 Å². The molecule has 0 aliphatic carbocycles. The highest BCUT2D eigenvalue weighted by Gasteiger charge is 2.18. The van der Waals surface area contributed by atoms with Crippen LogP contribution in [0.4, 0.5) is 0 Å². The summed E-state index contributed by atoms with van der Waals surface area (Å²) in [5.74, 6) is -0.164. The fraction of sp³-hybridized carbons (Fsp3) is 0.500. The SMILES string of the molecule is O=C(N[C@@H]1CCNC1)c1ccon1. The van der Waals surface area contributed by atoms with Crippen LogP contribution in [0.1, 0.15) is 16.9 Å². The fourth-order valence-electron chi connectivity index (χ4n) is 1.37. The van der Waals surface area contributed by atoms with E-state index in [1.807, 2.05) is 0 Å². The van der Waals surface area contributed by atoms with Crippen LogP contribution in [0.3, 0.4) is 0 Å². The smallest absolute Gasteiger partial charge is 0.273 e. The molecule has 1 aliphatic rings. The van der Waals surface area contributed by atoms with E-state index in [0.717, 1.165) is 19.5 Å². The number of nitrogens with zero attached hydrogens (tertiary/aromatic N) is 1. The van der Waals surface area contributed by atoms with Gasteiger partial charge in [-0.15, -0.1) is 0 Å². The Bertz CT molecular complexity index is 278. The van der Waals surface area contributed by atoms with Crippen molar-refractivity contribution >= 4 is 5.91 Å². The summed E-state index contributed by atoms with van der Waals surface area (Å²) in [5, 5.41) is 9.57. The Labute approximate surface area is 75.5 Å². The predicted molar refractivity (Wildman–Crippen MR) is 45.2 cm³/mol. The highest BCUT2D eigenvalue weighted by atomic mass is 16.5. The van der Waals surface area contributed by atoms with Crippen LogP contribution in [0.15, 0.2) is 16.9 Å². The molecule has 0 aromatic carbocycles. The van der Waals surface area contributed by atoms with E-state index in [0.29, 0.717) is 5.69 Å². The van der Waals surface area contributed by atoms with Crippen molar-refractivity contribution in [2.24, 2.45) is 0 Å². The predicted octanol–water partition coefficient (Wildman–Crippen LogP) is -0.234. The molecule has 0 spiro atoms. The van der Waals surface area contributed by atoms with Gasteiger partial charge in [0.2, 0.25) is 0 Å². The molecule has 1 aromatic rings. The number of hydrogen-bond donors (Lipinski definition) is 2. The minimum absolute atomic E-state index is 0.164. The summed E-state index contributed by atoms with van der Waals surface area (Å²) in [7, 11) is 0. The number of hydrogen-bond acceptors (Lipinski definition) is 4. The molecule has 0 saturated carbocycles. The summed E-state index contributed by atoms with van der Waals surface area (Å²) in [4.78, 5) is 11.4. The lowest BCUT2D eigenvalue weighted by Gasteiger charge is -2.08. The van der Waals surface area contributed by atoms with E-state index >= 15 is 0 Å². The van der Waals surface area contributed by atoms with Crippen molar-refractivity contribution in [1.82, 2.24) is 15.8 Å². The van der Waals surface area contributed by atoms with Crippen LogP contribution in [-0.2, 0) is 0 Å². The molecule has 5 heteroatoms. The molecule has 1 amide bonds. The summed E-state index contributed by atoms with van der Waals surface area (Å²) >= 11 is 0. The quantitative estimate of drug-likeness (QED) is 0.661. The highest BCUT2D eigenvalue weighted by Crippen LogP contribution is 2.00. The minimum atomic E-state index is -0.164. The zero-order valence-electron chi connectivity index (χ0n) is 7.12. The molecule has 5 nitrogen and oxygen atoms in total. The van der Waals surface area contributed by atoms with Gasteiger partial charge in [-0.2, -0.15) is 0 Å². The van der Waals surface area contributed by atoms with Gasteiger partial charge in [-0.05, 0) is 13.0 Å². The Hall–Kier alpha value is -1.36. The molecule has 1 aromatic heterocycles. The summed E-state index contributed by atoms with van der Waals surface area (Å²) in [5.41, 5.74) is 0.340. The van der Waals surface area contributed by atoms with E-state index in [-0.39, 0.29) is 11.9 Å². The maximum absolute atomic E-state index is 11.4. The van der Waals surface area contributed by atoms with Crippen LogP contribution in [0.2, 0.25) is 0 Å². The van der Waals surface area contributed by atoms with Crippen LogP contribution >= 0.6 is 0 Å². The fourth-order valence-corrected chi connectivity index (χ4v) is 1.37. The molecular weight excluding hydrogens is 170 g/mol. The molecule has 70 valence electrons. The Morgan fingerprint density at radius 2 is 2.69 bits per heavy atom. The molecule has 2 rings (SSSR count). The van der Waals surface area contributed by atoms with E-state index in [1.54, 1.807) is 6.07 Å². The topological polar surface area (TPSA) is 67.2 Å². The molecule has 1 saturated heterocycles. The first kappa shape index (κ1) is 8.25. The largest absolute Gasteiger partial charge is 0.364 e. The molecule has 1 aliphatic heterocycles. The summed E-state index contributed by atoms with van der Waals surface area (Å²) in [6.45, 7) is 1.80. The van der Waals surface area contributed by atoms with Crippen molar-refractivity contribution in [2.75, 3.05) is 13.1 Å². The third kappa shape index (κ3) is 1.86. The Morgan fingerprint density at radius 3 is 3.31 bits per heavy atom. The average Bonchev–Trinajstić information content (AvgIpc) is 2.74. The Kier molecular flexibility index (Phi) is 2.27. The van der Waals surface area contributed by atoms with Crippen LogP contribution < -0.4 is 10.6 Å². The van der Waals surface area contributed by atoms with Crippen molar-refractivity contribution in [3.05, 3.63) is 18.0 Å². The number of carbonyl (C=O) groups excluding carboxylic acids is 1. The van der Waals surface area contributed by atoms with Gasteiger partial charge >= 0.3 is 0 Å². The highest BCUT2D eigenvalue weighted by molar-refractivity contribution is 5.92. The lowest BCUT2D eigenvalue weighted by Crippen LogP contribution is -2.36. The van der Waals surface area contributed by atoms with E-state index in [4.69, 9.17) is 0 Å². The number of rotatable bonds is 2. The lowest BCUT2D eigenvalue weighted by atomic mass is 10.2. The monoisotopic (exact) mass is 181 g/mol. The van der Waals surface area contributed by atoms with Crippen molar-refractivity contribution in [3.63, 3.8) is 0 Å². The third-order valence-corrected chi connectivity index (χ3v) is 2.07. The molecular formula is C8H11N3O2. The van der Waals surface area contributed by atoms with E-state index in [1.165, 1.54) is 6.26 Å². The number of aromatic nitrogens is 1. The Balaban J connectivity index is 1.91. The van der Waals surface area contributed by atoms with Gasteiger partial charge < -0.3 is 15.2 Å². The maximum Gasteiger partial charge on any atom is 0.273 e. The molecule has 1 atom stereocenters. The van der Waals surface area contributed by atoms with Gasteiger partial charge in [0.05, 0.1) is 0 Å². The first-order valence-electron chi connectivity index (χ1n) is 4.28. The molecule has 13 heavy (non-hydrogen) atoms. The maximum atomic E-state index is 11.4. The van der Waals surface area contributed by atoms with Crippen molar-refractivity contribution in [3.8, 4) is 0 Å². The van der Waals surface area contributed by atoms with Crippen molar-refractivity contribution in [2.45, 2.75) is 12.5 Å². The first-order valence-corrected chi connectivity index (χ1v) is 4.28. The minimum Gasteiger partial charge on any atom is -0.364 e. The van der Waals surface area contributed by atoms with Gasteiger partial charge in [0.1, 0.15) is 6.26 Å². The zero-order valence-corrected chi connectivity index (χ0v) is 7.12. The zero-order chi connectivity index (χ0) is 9.10. The molecule has 0 bridgehead atoms. The van der Waals surface area contributed by atoms with Crippen molar-refractivity contribution in [1.29, 1.82) is 0 Å². The van der Waals surface area contributed by atoms with Gasteiger partial charge in [-0.3, -0.25) is 4.79 Å². The van der Waals surface area contributed by atoms with Gasteiger partial charge in [0, 0.05) is 18.7 Å². The summed E-state index contributed by atoms with van der Waals surface area (Å²) in [6.07, 6.45) is 2.37. The summed E-state index contributed by atoms with van der Waals surface area (Å²) in [6, 6.07) is 1.78. The average molecular weight is 181 g/mol. The van der Waals surface area contributed by atoms with Crippen molar-refractivity contribution < 1.29 is 9.32 Å². The van der Waals surface area contributed by atoms with Gasteiger partial charge in [-0.25, -0.2) is 0 Å². The Morgan fingerprint density at radius 1 is 1.77 bits per heavy atom. The second kappa shape index (κ2) is 3.57. The molecule has 2 N–H and O–H groups in total. The molecule has 0 radical (unpaired) electrons. The van der Waals surface area contributed by atoms with Gasteiger partial charge in [0.25, 0.3) is 5.91 Å². The second-order valence-electron chi connectivity index (χ2n) is 3.05. The van der Waals surface area contributed by atoms with E-state index in [9.17, 15) is 4.79 Å². The third-order valence-electron chi connectivity index (χ3n) is 2.07. The van der Waals surface area contributed by atoms with Crippen LogP contribution in [0.5, 0.6) is 0 Å². The second-order valence-corrected chi connectivity index (χ2v) is 3.05. The first-order chi connectivity index (χ1) is 6.36. The number of carbonyl (C=O) groups is 1. The summed E-state index contributed by atoms with van der Waals surface area (Å²) < 4.78 is 4.57. The van der Waals surface area contributed by atoms with E-state index in [2.05, 4.69) is 20.3 Å². The number of amides is 1. The lowest BCUT2D eigenvalue weighted by molar-refractivity contribution is 0.0931. The number of nitrogens with one attached hydrogen (secondary N) is 2. The molecule has 2 heterocycles. The van der Waals surface area contributed by atoms with Gasteiger partial charge in [-0.1, -0.05) is 5.16 Å². The standard InChI is InChI=1S/C8H11N3O2/c12-8(7-2-4-13-11-7)10-6-1-3-9-5-6/h2,4,6,9H,1,3,5H2,(H,10,12)/t6-/m1/s1. The van der Waals surface area contributed by atoms with Crippen LogP contribution in [0.25, 0.3) is 0 Å².